The molecule has 0 saturated carbocycles. The van der Waals surface area contributed by atoms with Crippen LogP contribution in [0.2, 0.25) is 0 Å². The highest BCUT2D eigenvalue weighted by Gasteiger charge is 2.20. The molecule has 2 aromatic carbocycles. The minimum Gasteiger partial charge on any atom is -0.456 e. The minimum atomic E-state index is -0.460. The van der Waals surface area contributed by atoms with Crippen LogP contribution >= 0.6 is 0 Å². The Morgan fingerprint density at radius 3 is 2.59 bits per heavy atom. The third-order valence-electron chi connectivity index (χ3n) is 6.72. The van der Waals surface area contributed by atoms with E-state index in [4.69, 9.17) is 9.47 Å². The number of hydrogen-bond acceptors (Lipinski definition) is 7. The maximum Gasteiger partial charge on any atom is 0.251 e. The number of rotatable bonds is 8. The normalized spacial score (nSPS) is 13.1. The Bertz CT molecular complexity index is 1520. The third kappa shape index (κ3) is 7.26. The number of carbonyl (C=O) groups is 2. The molecule has 3 heterocycles. The Morgan fingerprint density at radius 2 is 1.98 bits per heavy atom. The third-order valence-corrected chi connectivity index (χ3v) is 6.72. The topological polar surface area (TPSA) is 107 Å². The van der Waals surface area contributed by atoms with Crippen molar-refractivity contribution < 1.29 is 23.5 Å². The number of ether oxygens (including phenoxy) is 2. The summed E-state index contributed by atoms with van der Waals surface area (Å²) in [6.07, 6.45) is 6.10. The second kappa shape index (κ2) is 12.9. The molecule has 0 spiro atoms. The highest BCUT2D eigenvalue weighted by Crippen LogP contribution is 2.33. The van der Waals surface area contributed by atoms with Crippen LogP contribution in [-0.2, 0) is 21.5 Å². The first-order chi connectivity index (χ1) is 19.6. The average Bonchev–Trinajstić information content (AvgIpc) is 3.43. The van der Waals surface area contributed by atoms with E-state index in [0.29, 0.717) is 71.1 Å². The monoisotopic (exact) mass is 561 g/mol. The van der Waals surface area contributed by atoms with Crippen LogP contribution in [0.3, 0.4) is 0 Å². The van der Waals surface area contributed by atoms with Crippen LogP contribution in [0.5, 0.6) is 11.5 Å². The molecule has 1 amide bonds. The van der Waals surface area contributed by atoms with Gasteiger partial charge in [0, 0.05) is 54.8 Å². The van der Waals surface area contributed by atoms with Crippen LogP contribution in [0.25, 0.3) is 10.9 Å². The van der Waals surface area contributed by atoms with Gasteiger partial charge in [0.05, 0.1) is 36.2 Å². The first-order valence-corrected chi connectivity index (χ1v) is 13.5. The van der Waals surface area contributed by atoms with Crippen molar-refractivity contribution >= 4 is 28.8 Å². The Hall–Kier alpha value is -4.31. The molecule has 216 valence electrons. The first-order valence-electron chi connectivity index (χ1n) is 13.5. The van der Waals surface area contributed by atoms with E-state index in [2.05, 4.69) is 41.5 Å². The fourth-order valence-electron chi connectivity index (χ4n) is 4.11. The van der Waals surface area contributed by atoms with Gasteiger partial charge < -0.3 is 24.9 Å². The zero-order chi connectivity index (χ0) is 29.6. The molecular weight excluding hydrogens is 525 g/mol. The molecule has 1 fully saturated rings. The molecule has 1 aliphatic rings. The summed E-state index contributed by atoms with van der Waals surface area (Å²) in [6.45, 7) is 9.88. The second-order valence-electron chi connectivity index (χ2n) is 10.9. The van der Waals surface area contributed by atoms with Crippen molar-refractivity contribution in [3.05, 3.63) is 77.5 Å². The minimum absolute atomic E-state index is 0.0105. The average molecular weight is 562 g/mol. The smallest absolute Gasteiger partial charge is 0.251 e. The predicted octanol–water partition coefficient (Wildman–Crippen LogP) is 5.27. The molecule has 0 bridgehead atoms. The van der Waals surface area contributed by atoms with Gasteiger partial charge in [0.2, 0.25) is 0 Å². The van der Waals surface area contributed by atoms with E-state index in [0.717, 1.165) is 5.69 Å². The van der Waals surface area contributed by atoms with E-state index >= 15 is 0 Å². The number of amides is 1. The van der Waals surface area contributed by atoms with Gasteiger partial charge in [-0.1, -0.05) is 6.07 Å². The fraction of sp³-hybridized carbons (Fsp3) is 0.355. The van der Waals surface area contributed by atoms with Gasteiger partial charge in [0.25, 0.3) is 5.91 Å². The summed E-state index contributed by atoms with van der Waals surface area (Å²) in [5, 5.41) is 10.8. The van der Waals surface area contributed by atoms with Gasteiger partial charge >= 0.3 is 0 Å². The number of hydrogen-bond donors (Lipinski definition) is 2. The lowest BCUT2D eigenvalue weighted by atomic mass is 10.1. The van der Waals surface area contributed by atoms with Crippen LogP contribution in [0, 0.1) is 18.7 Å². The number of halogens is 1. The molecule has 5 rings (SSSR count). The SMILES string of the molecule is CNc1cnn(C(C)(C)C)c1.Cc1c(Oc2ccnc3ccc(C(=O)NCC4COC4)cc23)ccc(CC=O)c1F. The van der Waals surface area contributed by atoms with Gasteiger partial charge in [-0.25, -0.2) is 4.39 Å². The van der Waals surface area contributed by atoms with Crippen molar-refractivity contribution in [2.24, 2.45) is 5.92 Å². The van der Waals surface area contributed by atoms with Gasteiger partial charge in [-0.2, -0.15) is 5.10 Å². The van der Waals surface area contributed by atoms with Gasteiger partial charge in [0.1, 0.15) is 23.6 Å². The predicted molar refractivity (Wildman–Crippen MR) is 156 cm³/mol. The number of benzene rings is 2. The Balaban J connectivity index is 0.000000296. The van der Waals surface area contributed by atoms with Gasteiger partial charge in [0.15, 0.2) is 0 Å². The summed E-state index contributed by atoms with van der Waals surface area (Å²) in [6, 6.07) is 10.0. The summed E-state index contributed by atoms with van der Waals surface area (Å²) in [4.78, 5) is 27.5. The van der Waals surface area contributed by atoms with Gasteiger partial charge in [-0.3, -0.25) is 14.5 Å². The van der Waals surface area contributed by atoms with Crippen LogP contribution in [0.1, 0.15) is 42.3 Å². The summed E-state index contributed by atoms with van der Waals surface area (Å²) >= 11 is 0. The number of carbonyl (C=O) groups excluding carboxylic acids is 2. The maximum absolute atomic E-state index is 14.5. The molecule has 0 aliphatic carbocycles. The largest absolute Gasteiger partial charge is 0.456 e. The van der Waals surface area contributed by atoms with Crippen molar-refractivity contribution in [3.8, 4) is 11.5 Å². The molecule has 4 aromatic rings. The Labute approximate surface area is 239 Å². The van der Waals surface area contributed by atoms with Crippen molar-refractivity contribution in [2.45, 2.75) is 39.7 Å². The van der Waals surface area contributed by atoms with E-state index in [1.807, 2.05) is 24.1 Å². The summed E-state index contributed by atoms with van der Waals surface area (Å²) in [7, 11) is 1.89. The van der Waals surface area contributed by atoms with E-state index in [9.17, 15) is 14.0 Å². The number of aromatic nitrogens is 3. The molecule has 0 unspecified atom stereocenters. The number of anilines is 1. The summed E-state index contributed by atoms with van der Waals surface area (Å²) < 4.78 is 27.6. The number of fused-ring (bicyclic) bond motifs is 1. The number of nitrogens with one attached hydrogen (secondary N) is 2. The Kier molecular flexibility index (Phi) is 9.34. The van der Waals surface area contributed by atoms with E-state index < -0.39 is 5.82 Å². The highest BCUT2D eigenvalue weighted by molar-refractivity contribution is 5.99. The van der Waals surface area contributed by atoms with Crippen LogP contribution in [0.15, 0.2) is 55.0 Å². The van der Waals surface area contributed by atoms with Gasteiger partial charge in [-0.05, 0) is 63.6 Å². The van der Waals surface area contributed by atoms with E-state index in [1.54, 1.807) is 49.5 Å². The quantitative estimate of drug-likeness (QED) is 0.282. The number of pyridine rings is 1. The van der Waals surface area contributed by atoms with Crippen LogP contribution in [0.4, 0.5) is 10.1 Å². The molecule has 1 aliphatic heterocycles. The lowest BCUT2D eigenvalue weighted by Gasteiger charge is -2.25. The lowest BCUT2D eigenvalue weighted by molar-refractivity contribution is -0.107. The van der Waals surface area contributed by atoms with Crippen molar-refractivity contribution in [1.29, 1.82) is 0 Å². The lowest BCUT2D eigenvalue weighted by Crippen LogP contribution is -2.39. The maximum atomic E-state index is 14.5. The standard InChI is InChI=1S/C23H21FN2O4.C8H15N3/c1-14-20(5-3-16(7-9-27)22(14)24)30-21-6-8-25-19-4-2-17(10-18(19)21)23(28)26-11-15-12-29-13-15;1-8(2,3)11-6-7(9-4)5-10-11/h2-6,8-10,15H,7,11-13H2,1H3,(H,26,28);5-6,9H,1-4H3. The molecule has 0 atom stereocenters. The fourth-order valence-corrected chi connectivity index (χ4v) is 4.11. The molecule has 1 saturated heterocycles. The van der Waals surface area contributed by atoms with Crippen molar-refractivity contribution in [2.75, 3.05) is 32.1 Å². The molecule has 2 aromatic heterocycles. The second-order valence-corrected chi connectivity index (χ2v) is 10.9. The van der Waals surface area contributed by atoms with Crippen molar-refractivity contribution in [3.63, 3.8) is 0 Å². The van der Waals surface area contributed by atoms with E-state index in [-0.39, 0.29) is 17.9 Å². The first kappa shape index (κ1) is 29.7. The molecule has 41 heavy (non-hydrogen) atoms. The number of aldehydes is 1. The van der Waals surface area contributed by atoms with Crippen LogP contribution in [-0.4, -0.2) is 53.8 Å². The molecular formula is C31H36FN5O4. The van der Waals surface area contributed by atoms with Crippen molar-refractivity contribution in [1.82, 2.24) is 20.1 Å². The van der Waals surface area contributed by atoms with Gasteiger partial charge in [-0.15, -0.1) is 0 Å². The Morgan fingerprint density at radius 1 is 1.20 bits per heavy atom. The molecule has 2 N–H and O–H groups in total. The zero-order valence-corrected chi connectivity index (χ0v) is 24.0. The van der Waals surface area contributed by atoms with Crippen LogP contribution < -0.4 is 15.4 Å². The summed E-state index contributed by atoms with van der Waals surface area (Å²) in [5.41, 5.74) is 2.92. The highest BCUT2D eigenvalue weighted by atomic mass is 19.1. The molecule has 0 radical (unpaired) electrons. The zero-order valence-electron chi connectivity index (χ0n) is 24.0. The van der Waals surface area contributed by atoms with E-state index in [1.165, 1.54) is 0 Å². The molecule has 9 nitrogen and oxygen atoms in total. The number of nitrogens with zero attached hydrogens (tertiary/aromatic N) is 3. The summed E-state index contributed by atoms with van der Waals surface area (Å²) in [5.74, 6) is 0.522. The molecule has 10 heteroatoms.